The van der Waals surface area contributed by atoms with Crippen LogP contribution in [0.3, 0.4) is 0 Å². The maximum atomic E-state index is 10.3. The Hall–Kier alpha value is -2.62. The van der Waals surface area contributed by atoms with Gasteiger partial charge in [0.05, 0.1) is 10.4 Å². The van der Waals surface area contributed by atoms with E-state index < -0.39 is 4.92 Å². The number of nitrogens with zero attached hydrogens (tertiary/aromatic N) is 1. The fourth-order valence-corrected chi connectivity index (χ4v) is 2.13. The van der Waals surface area contributed by atoms with Crippen LogP contribution in [0.4, 0.5) is 0 Å². The smallest absolute Gasteiger partial charge is 0.236 e. The van der Waals surface area contributed by atoms with E-state index in [1.807, 2.05) is 42.5 Å². The maximum absolute atomic E-state index is 10.3. The number of hydrogen-bond donors (Lipinski definition) is 1. The minimum absolute atomic E-state index is 0.469. The van der Waals surface area contributed by atoms with E-state index in [1.165, 1.54) is 6.08 Å². The number of nitro groups is 1. The lowest BCUT2D eigenvalue weighted by atomic mass is 10.1. The molecule has 0 aliphatic rings. The van der Waals surface area contributed by atoms with Crippen LogP contribution in [0, 0.1) is 10.1 Å². The molecular weight excluding hydrogens is 228 g/mol. The molecule has 0 amide bonds. The van der Waals surface area contributed by atoms with E-state index in [4.69, 9.17) is 0 Å². The summed E-state index contributed by atoms with van der Waals surface area (Å²) in [6, 6.07) is 14.0. The molecule has 0 fully saturated rings. The first-order valence-corrected chi connectivity index (χ1v) is 5.56. The number of hydrogen-bond acceptors (Lipinski definition) is 2. The summed E-state index contributed by atoms with van der Waals surface area (Å²) in [5.74, 6) is 0. The molecule has 88 valence electrons. The standard InChI is InChI=1S/C14H10N2O2/c17-16(18)8-7-12-9-11-6-5-10-3-1-2-4-13(10)14(11)15-12/h1-9,15H/b8-7+. The maximum Gasteiger partial charge on any atom is 0.236 e. The lowest BCUT2D eigenvalue weighted by Gasteiger charge is -1.98. The highest BCUT2D eigenvalue weighted by Crippen LogP contribution is 2.25. The predicted octanol–water partition coefficient (Wildman–Crippen LogP) is 3.57. The minimum atomic E-state index is -0.469. The Morgan fingerprint density at radius 3 is 2.72 bits per heavy atom. The molecule has 0 saturated heterocycles. The van der Waals surface area contributed by atoms with Gasteiger partial charge >= 0.3 is 0 Å². The van der Waals surface area contributed by atoms with E-state index >= 15 is 0 Å². The zero-order chi connectivity index (χ0) is 12.5. The minimum Gasteiger partial charge on any atom is -0.354 e. The number of H-pyrrole nitrogens is 1. The molecule has 4 nitrogen and oxygen atoms in total. The molecule has 0 aliphatic carbocycles. The van der Waals surface area contributed by atoms with Crippen molar-refractivity contribution in [3.63, 3.8) is 0 Å². The number of nitrogens with one attached hydrogen (secondary N) is 1. The van der Waals surface area contributed by atoms with Gasteiger partial charge in [0.1, 0.15) is 0 Å². The Balaban J connectivity index is 2.22. The number of fused-ring (bicyclic) bond motifs is 3. The van der Waals surface area contributed by atoms with Crippen molar-refractivity contribution in [2.45, 2.75) is 0 Å². The summed E-state index contributed by atoms with van der Waals surface area (Å²) < 4.78 is 0. The largest absolute Gasteiger partial charge is 0.354 e. The van der Waals surface area contributed by atoms with Crippen LogP contribution in [-0.4, -0.2) is 9.91 Å². The number of aromatic nitrogens is 1. The van der Waals surface area contributed by atoms with Crippen molar-refractivity contribution in [1.29, 1.82) is 0 Å². The van der Waals surface area contributed by atoms with Gasteiger partial charge in [-0.05, 0) is 11.5 Å². The summed E-state index contributed by atoms with van der Waals surface area (Å²) in [6.45, 7) is 0. The van der Waals surface area contributed by atoms with Crippen molar-refractivity contribution in [2.75, 3.05) is 0 Å². The highest BCUT2D eigenvalue weighted by molar-refractivity contribution is 6.06. The average Bonchev–Trinajstić information content (AvgIpc) is 2.79. The van der Waals surface area contributed by atoms with Gasteiger partial charge in [-0.25, -0.2) is 0 Å². The van der Waals surface area contributed by atoms with E-state index in [-0.39, 0.29) is 0 Å². The highest BCUT2D eigenvalue weighted by atomic mass is 16.6. The van der Waals surface area contributed by atoms with Crippen molar-refractivity contribution in [1.82, 2.24) is 4.98 Å². The molecule has 1 heterocycles. The second kappa shape index (κ2) is 4.00. The van der Waals surface area contributed by atoms with Gasteiger partial charge in [0.2, 0.25) is 6.20 Å². The van der Waals surface area contributed by atoms with Crippen molar-refractivity contribution in [3.8, 4) is 0 Å². The van der Waals surface area contributed by atoms with Crippen LogP contribution in [-0.2, 0) is 0 Å². The first-order chi connectivity index (χ1) is 8.74. The molecule has 0 bridgehead atoms. The summed E-state index contributed by atoms with van der Waals surface area (Å²) in [6.07, 6.45) is 2.40. The van der Waals surface area contributed by atoms with E-state index in [0.29, 0.717) is 0 Å². The summed E-state index contributed by atoms with van der Waals surface area (Å²) in [5, 5.41) is 13.6. The number of rotatable bonds is 2. The van der Waals surface area contributed by atoms with Gasteiger partial charge in [0.25, 0.3) is 0 Å². The first-order valence-electron chi connectivity index (χ1n) is 5.56. The molecule has 3 rings (SSSR count). The molecule has 1 N–H and O–H groups in total. The molecule has 3 aromatic rings. The van der Waals surface area contributed by atoms with Crippen LogP contribution >= 0.6 is 0 Å². The van der Waals surface area contributed by atoms with Crippen molar-refractivity contribution in [3.05, 3.63) is 64.5 Å². The van der Waals surface area contributed by atoms with Gasteiger partial charge < -0.3 is 4.98 Å². The lowest BCUT2D eigenvalue weighted by molar-refractivity contribution is -0.400. The molecule has 0 spiro atoms. The first kappa shape index (κ1) is 10.5. The Morgan fingerprint density at radius 2 is 1.89 bits per heavy atom. The third kappa shape index (κ3) is 1.73. The van der Waals surface area contributed by atoms with E-state index in [2.05, 4.69) is 4.98 Å². The third-order valence-corrected chi connectivity index (χ3v) is 2.92. The normalized spacial score (nSPS) is 11.6. The quantitative estimate of drug-likeness (QED) is 0.548. The SMILES string of the molecule is O=[N+]([O-])/C=C/c1cc2ccc3ccccc3c2[nH]1. The van der Waals surface area contributed by atoms with Gasteiger partial charge in [-0.2, -0.15) is 0 Å². The van der Waals surface area contributed by atoms with Gasteiger partial charge in [-0.1, -0.05) is 36.4 Å². The van der Waals surface area contributed by atoms with Gasteiger partial charge in [-0.3, -0.25) is 10.1 Å². The molecule has 0 aliphatic heterocycles. The van der Waals surface area contributed by atoms with E-state index in [1.54, 1.807) is 0 Å². The van der Waals surface area contributed by atoms with Crippen molar-refractivity contribution < 1.29 is 4.92 Å². The molecule has 0 atom stereocenters. The molecule has 1 aromatic heterocycles. The second-order valence-electron chi connectivity index (χ2n) is 4.08. The predicted molar refractivity (Wildman–Crippen MR) is 71.8 cm³/mol. The summed E-state index contributed by atoms with van der Waals surface area (Å²) in [7, 11) is 0. The molecule has 4 heteroatoms. The number of aromatic amines is 1. The molecule has 0 radical (unpaired) electrons. The van der Waals surface area contributed by atoms with E-state index in [9.17, 15) is 10.1 Å². The lowest BCUT2D eigenvalue weighted by Crippen LogP contribution is -1.82. The molecule has 0 saturated carbocycles. The van der Waals surface area contributed by atoms with E-state index in [0.717, 1.165) is 33.6 Å². The fraction of sp³-hybridized carbons (Fsp3) is 0. The zero-order valence-corrected chi connectivity index (χ0v) is 9.46. The molecular formula is C14H10N2O2. The third-order valence-electron chi connectivity index (χ3n) is 2.92. The van der Waals surface area contributed by atoms with Crippen LogP contribution in [0.15, 0.2) is 48.7 Å². The number of benzene rings is 2. The Morgan fingerprint density at radius 1 is 1.11 bits per heavy atom. The topological polar surface area (TPSA) is 58.9 Å². The Kier molecular flexibility index (Phi) is 2.34. The summed E-state index contributed by atoms with van der Waals surface area (Å²) in [4.78, 5) is 13.0. The summed E-state index contributed by atoms with van der Waals surface area (Å²) >= 11 is 0. The second-order valence-corrected chi connectivity index (χ2v) is 4.08. The van der Waals surface area contributed by atoms with Crippen LogP contribution in [0.5, 0.6) is 0 Å². The fourth-order valence-electron chi connectivity index (χ4n) is 2.13. The van der Waals surface area contributed by atoms with Crippen molar-refractivity contribution >= 4 is 27.8 Å². The van der Waals surface area contributed by atoms with Crippen LogP contribution in [0.25, 0.3) is 27.8 Å². The molecule has 0 unspecified atom stereocenters. The van der Waals surface area contributed by atoms with Gasteiger partial charge in [0.15, 0.2) is 0 Å². The monoisotopic (exact) mass is 238 g/mol. The van der Waals surface area contributed by atoms with Crippen molar-refractivity contribution in [2.24, 2.45) is 0 Å². The summed E-state index contributed by atoms with van der Waals surface area (Å²) in [5.41, 5.74) is 1.74. The average molecular weight is 238 g/mol. The molecule has 2 aromatic carbocycles. The Labute approximate surface area is 103 Å². The van der Waals surface area contributed by atoms with Gasteiger partial charge in [0, 0.05) is 22.5 Å². The van der Waals surface area contributed by atoms with Crippen LogP contribution < -0.4 is 0 Å². The van der Waals surface area contributed by atoms with Crippen LogP contribution in [0.1, 0.15) is 5.69 Å². The van der Waals surface area contributed by atoms with Crippen LogP contribution in [0.2, 0.25) is 0 Å². The Bertz CT molecular complexity index is 772. The van der Waals surface area contributed by atoms with Gasteiger partial charge in [-0.15, -0.1) is 0 Å². The highest BCUT2D eigenvalue weighted by Gasteiger charge is 2.03. The zero-order valence-electron chi connectivity index (χ0n) is 9.46. The molecule has 18 heavy (non-hydrogen) atoms.